The van der Waals surface area contributed by atoms with E-state index in [1.807, 2.05) is 0 Å². The largest absolute Gasteiger partial charge is 0.326 e. The normalized spacial score (nSPS) is 9.90. The molecule has 2 heteroatoms. The molecular formula is C8H9FN. The molecule has 1 aromatic carbocycles. The van der Waals surface area contributed by atoms with Crippen molar-refractivity contribution in [3.05, 3.63) is 42.1 Å². The Morgan fingerprint density at radius 2 is 2.10 bits per heavy atom. The fourth-order valence-corrected chi connectivity index (χ4v) is 0.835. The first kappa shape index (κ1) is 7.22. The zero-order valence-corrected chi connectivity index (χ0v) is 5.60. The van der Waals surface area contributed by atoms with Crippen LogP contribution in [0.5, 0.6) is 0 Å². The van der Waals surface area contributed by atoms with Gasteiger partial charge in [0.15, 0.2) is 0 Å². The summed E-state index contributed by atoms with van der Waals surface area (Å²) in [6.07, 6.45) is 0. The highest BCUT2D eigenvalue weighted by Crippen LogP contribution is 2.06. The Morgan fingerprint density at radius 3 is 2.60 bits per heavy atom. The quantitative estimate of drug-likeness (QED) is 0.624. The number of hydrogen-bond acceptors (Lipinski definition) is 1. The standard InChI is InChI=1S/C8H9FN/c1-6-2-7(5-10)4-8(9)3-6/h2-4H,1,5,10H2. The molecule has 0 atom stereocenters. The average molecular weight is 138 g/mol. The highest BCUT2D eigenvalue weighted by molar-refractivity contribution is 5.26. The summed E-state index contributed by atoms with van der Waals surface area (Å²) < 4.78 is 12.5. The summed E-state index contributed by atoms with van der Waals surface area (Å²) in [5.74, 6) is -0.270. The molecule has 0 bridgehead atoms. The van der Waals surface area contributed by atoms with E-state index in [-0.39, 0.29) is 5.82 Å². The van der Waals surface area contributed by atoms with E-state index in [4.69, 9.17) is 5.73 Å². The van der Waals surface area contributed by atoms with E-state index < -0.39 is 0 Å². The van der Waals surface area contributed by atoms with E-state index in [0.29, 0.717) is 12.1 Å². The van der Waals surface area contributed by atoms with Crippen LogP contribution in [-0.2, 0) is 6.54 Å². The maximum absolute atomic E-state index is 12.5. The second-order valence-electron chi connectivity index (χ2n) is 2.17. The van der Waals surface area contributed by atoms with Crippen molar-refractivity contribution in [3.8, 4) is 0 Å². The fourth-order valence-electron chi connectivity index (χ4n) is 0.835. The Hall–Kier alpha value is -0.890. The minimum absolute atomic E-state index is 0.270. The number of hydrogen-bond donors (Lipinski definition) is 1. The zero-order chi connectivity index (χ0) is 7.56. The Morgan fingerprint density at radius 1 is 1.40 bits per heavy atom. The van der Waals surface area contributed by atoms with Crippen molar-refractivity contribution < 1.29 is 4.39 Å². The fraction of sp³-hybridized carbons (Fsp3) is 0.125. The lowest BCUT2D eigenvalue weighted by Crippen LogP contribution is -1.97. The summed E-state index contributed by atoms with van der Waals surface area (Å²) in [7, 11) is 0. The molecule has 0 heterocycles. The molecule has 0 aliphatic rings. The SMILES string of the molecule is [CH2]c1cc(F)cc(CN)c1. The Labute approximate surface area is 59.7 Å². The zero-order valence-electron chi connectivity index (χ0n) is 5.60. The lowest BCUT2D eigenvalue weighted by Gasteiger charge is -1.97. The van der Waals surface area contributed by atoms with Crippen LogP contribution < -0.4 is 5.73 Å². The Kier molecular flexibility index (Phi) is 2.02. The van der Waals surface area contributed by atoms with Gasteiger partial charge in [0.2, 0.25) is 0 Å². The first-order valence-electron chi connectivity index (χ1n) is 3.04. The number of nitrogens with two attached hydrogens (primary N) is 1. The first-order valence-corrected chi connectivity index (χ1v) is 3.04. The lowest BCUT2D eigenvalue weighted by atomic mass is 10.1. The molecule has 0 unspecified atom stereocenters. The van der Waals surface area contributed by atoms with Crippen LogP contribution in [0.4, 0.5) is 4.39 Å². The van der Waals surface area contributed by atoms with E-state index in [1.165, 1.54) is 12.1 Å². The van der Waals surface area contributed by atoms with Gasteiger partial charge in [-0.3, -0.25) is 0 Å². The highest BCUT2D eigenvalue weighted by atomic mass is 19.1. The van der Waals surface area contributed by atoms with Crippen LogP contribution >= 0.6 is 0 Å². The first-order chi connectivity index (χ1) is 4.72. The lowest BCUT2D eigenvalue weighted by molar-refractivity contribution is 0.625. The van der Waals surface area contributed by atoms with Crippen LogP contribution in [0.3, 0.4) is 0 Å². The molecule has 0 aliphatic carbocycles. The van der Waals surface area contributed by atoms with E-state index in [9.17, 15) is 4.39 Å². The van der Waals surface area contributed by atoms with Crippen molar-refractivity contribution in [3.63, 3.8) is 0 Å². The van der Waals surface area contributed by atoms with Crippen molar-refractivity contribution in [1.29, 1.82) is 0 Å². The van der Waals surface area contributed by atoms with E-state index >= 15 is 0 Å². The molecular weight excluding hydrogens is 129 g/mol. The number of halogens is 1. The van der Waals surface area contributed by atoms with E-state index in [1.54, 1.807) is 6.07 Å². The van der Waals surface area contributed by atoms with Crippen molar-refractivity contribution in [2.24, 2.45) is 5.73 Å². The average Bonchev–Trinajstić information content (AvgIpc) is 1.85. The van der Waals surface area contributed by atoms with Crippen LogP contribution in [0.2, 0.25) is 0 Å². The molecule has 2 N–H and O–H groups in total. The van der Waals surface area contributed by atoms with Gasteiger partial charge in [0.1, 0.15) is 5.82 Å². The van der Waals surface area contributed by atoms with Crippen LogP contribution in [-0.4, -0.2) is 0 Å². The maximum Gasteiger partial charge on any atom is 0.123 e. The molecule has 10 heavy (non-hydrogen) atoms. The van der Waals surface area contributed by atoms with Gasteiger partial charge in [0.05, 0.1) is 0 Å². The van der Waals surface area contributed by atoms with Gasteiger partial charge in [-0.2, -0.15) is 0 Å². The third kappa shape index (κ3) is 1.54. The predicted molar refractivity (Wildman–Crippen MR) is 38.8 cm³/mol. The minimum atomic E-state index is -0.270. The molecule has 1 radical (unpaired) electrons. The van der Waals surface area contributed by atoms with Crippen molar-refractivity contribution in [2.45, 2.75) is 6.54 Å². The topological polar surface area (TPSA) is 26.0 Å². The summed E-state index contributed by atoms with van der Waals surface area (Å²) in [6.45, 7) is 3.96. The molecule has 53 valence electrons. The molecule has 0 saturated heterocycles. The van der Waals surface area contributed by atoms with Crippen LogP contribution in [0.1, 0.15) is 11.1 Å². The monoisotopic (exact) mass is 138 g/mol. The van der Waals surface area contributed by atoms with Gasteiger partial charge in [-0.05, 0) is 30.2 Å². The van der Waals surface area contributed by atoms with Gasteiger partial charge >= 0.3 is 0 Å². The molecule has 1 rings (SSSR count). The van der Waals surface area contributed by atoms with Crippen molar-refractivity contribution in [1.82, 2.24) is 0 Å². The smallest absolute Gasteiger partial charge is 0.123 e. The van der Waals surface area contributed by atoms with Gasteiger partial charge < -0.3 is 5.73 Å². The third-order valence-electron chi connectivity index (χ3n) is 1.25. The Bertz CT molecular complexity index is 212. The molecule has 0 amide bonds. The molecule has 0 spiro atoms. The van der Waals surface area contributed by atoms with E-state index in [2.05, 4.69) is 6.92 Å². The van der Waals surface area contributed by atoms with Gasteiger partial charge in [0, 0.05) is 6.54 Å². The highest BCUT2D eigenvalue weighted by Gasteiger charge is 1.94. The molecule has 0 aromatic heterocycles. The van der Waals surface area contributed by atoms with Crippen LogP contribution in [0.25, 0.3) is 0 Å². The number of benzene rings is 1. The Balaban J connectivity index is 3.06. The maximum atomic E-state index is 12.5. The van der Waals surface area contributed by atoms with Gasteiger partial charge in [-0.15, -0.1) is 0 Å². The van der Waals surface area contributed by atoms with Crippen LogP contribution in [0.15, 0.2) is 18.2 Å². The summed E-state index contributed by atoms with van der Waals surface area (Å²) in [4.78, 5) is 0. The second kappa shape index (κ2) is 2.80. The minimum Gasteiger partial charge on any atom is -0.326 e. The summed E-state index contributed by atoms with van der Waals surface area (Å²) in [5.41, 5.74) is 6.74. The molecule has 0 fully saturated rings. The van der Waals surface area contributed by atoms with E-state index in [0.717, 1.165) is 5.56 Å². The number of rotatable bonds is 1. The predicted octanol–water partition coefficient (Wildman–Crippen LogP) is 1.47. The van der Waals surface area contributed by atoms with Gasteiger partial charge in [-0.1, -0.05) is 6.07 Å². The molecule has 1 aromatic rings. The summed E-state index contributed by atoms with van der Waals surface area (Å²) in [5, 5.41) is 0. The van der Waals surface area contributed by atoms with Crippen molar-refractivity contribution >= 4 is 0 Å². The second-order valence-corrected chi connectivity index (χ2v) is 2.17. The summed E-state index contributed by atoms with van der Waals surface area (Å²) >= 11 is 0. The van der Waals surface area contributed by atoms with Gasteiger partial charge in [0.25, 0.3) is 0 Å². The molecule has 0 saturated carbocycles. The third-order valence-corrected chi connectivity index (χ3v) is 1.25. The molecule has 1 nitrogen and oxygen atoms in total. The van der Waals surface area contributed by atoms with Crippen molar-refractivity contribution in [2.75, 3.05) is 0 Å². The van der Waals surface area contributed by atoms with Gasteiger partial charge in [-0.25, -0.2) is 4.39 Å². The van der Waals surface area contributed by atoms with Crippen LogP contribution in [0, 0.1) is 12.7 Å². The summed E-state index contributed by atoms with van der Waals surface area (Å²) in [6, 6.07) is 4.55. The molecule has 0 aliphatic heterocycles.